The first-order valence-electron chi connectivity index (χ1n) is 6.76. The zero-order chi connectivity index (χ0) is 12.7. The third-order valence-electron chi connectivity index (χ3n) is 5.15. The zero-order valence-corrected chi connectivity index (χ0v) is 11.6. The molecular weight excluding hydrogens is 208 g/mol. The third-order valence-corrected chi connectivity index (χ3v) is 5.15. The summed E-state index contributed by atoms with van der Waals surface area (Å²) < 4.78 is 0. The largest absolute Gasteiger partial charge is 0.299 e. The van der Waals surface area contributed by atoms with E-state index < -0.39 is 0 Å². The van der Waals surface area contributed by atoms with Gasteiger partial charge in [0.05, 0.1) is 0 Å². The van der Waals surface area contributed by atoms with Crippen LogP contribution in [0.3, 0.4) is 0 Å². The topological polar surface area (TPSA) is 17.1 Å². The summed E-state index contributed by atoms with van der Waals surface area (Å²) in [5, 5.41) is 0. The van der Waals surface area contributed by atoms with Crippen LogP contribution in [-0.4, -0.2) is 5.78 Å². The van der Waals surface area contributed by atoms with Crippen molar-refractivity contribution in [3.05, 3.63) is 23.3 Å². The van der Waals surface area contributed by atoms with Gasteiger partial charge in [0, 0.05) is 17.3 Å². The van der Waals surface area contributed by atoms with Gasteiger partial charge in [-0.15, -0.1) is 0 Å². The molecule has 0 aromatic carbocycles. The van der Waals surface area contributed by atoms with Crippen molar-refractivity contribution in [3.63, 3.8) is 0 Å². The van der Waals surface area contributed by atoms with Gasteiger partial charge in [-0.05, 0) is 46.5 Å². The van der Waals surface area contributed by atoms with Crippen LogP contribution in [0.4, 0.5) is 0 Å². The number of carbonyl (C=O) groups is 1. The van der Waals surface area contributed by atoms with E-state index in [0.29, 0.717) is 5.78 Å². The second-order valence-electron chi connectivity index (χ2n) is 6.25. The van der Waals surface area contributed by atoms with Gasteiger partial charge in [0.15, 0.2) is 0 Å². The minimum absolute atomic E-state index is 0.0907. The monoisotopic (exact) mass is 232 g/mol. The van der Waals surface area contributed by atoms with Crippen molar-refractivity contribution in [2.75, 3.05) is 0 Å². The molecule has 1 heteroatoms. The van der Waals surface area contributed by atoms with Gasteiger partial charge in [-0.25, -0.2) is 0 Å². The Morgan fingerprint density at radius 1 is 1.47 bits per heavy atom. The summed E-state index contributed by atoms with van der Waals surface area (Å²) in [6.45, 7) is 8.71. The fourth-order valence-electron chi connectivity index (χ4n) is 3.85. The van der Waals surface area contributed by atoms with E-state index in [0.717, 1.165) is 32.1 Å². The molecule has 1 nitrogen and oxygen atoms in total. The molecule has 2 aliphatic rings. The molecule has 0 N–H and O–H groups in total. The van der Waals surface area contributed by atoms with Crippen LogP contribution in [0.15, 0.2) is 23.3 Å². The highest BCUT2D eigenvalue weighted by Gasteiger charge is 2.59. The Morgan fingerprint density at radius 2 is 2.18 bits per heavy atom. The van der Waals surface area contributed by atoms with Gasteiger partial charge in [0.1, 0.15) is 5.78 Å². The maximum Gasteiger partial charge on any atom is 0.139 e. The lowest BCUT2D eigenvalue weighted by Crippen LogP contribution is -2.36. The average Bonchev–Trinajstić information content (AvgIpc) is 2.65. The number of fused-ring (bicyclic) bond motifs is 1. The molecule has 0 spiro atoms. The number of rotatable bonds is 3. The molecule has 0 radical (unpaired) electrons. The Bertz CT molecular complexity index is 398. The van der Waals surface area contributed by atoms with E-state index in [1.807, 2.05) is 0 Å². The van der Waals surface area contributed by atoms with E-state index >= 15 is 0 Å². The number of carbonyl (C=O) groups excluding carboxylic acids is 1. The van der Waals surface area contributed by atoms with Crippen molar-refractivity contribution in [1.82, 2.24) is 0 Å². The first kappa shape index (κ1) is 12.6. The standard InChI is InChI=1S/C16H24O/c1-12(2)6-5-9-16-11-8-14(17)15(16,4)10-7-13(16)3/h6-7H,5,8-11H2,1-4H3/t15-,16-/m1/s1. The minimum Gasteiger partial charge on any atom is -0.299 e. The highest BCUT2D eigenvalue weighted by atomic mass is 16.1. The first-order chi connectivity index (χ1) is 7.92. The Kier molecular flexibility index (Phi) is 3.05. The molecule has 0 aliphatic heterocycles. The van der Waals surface area contributed by atoms with E-state index in [4.69, 9.17) is 0 Å². The van der Waals surface area contributed by atoms with Gasteiger partial charge in [-0.2, -0.15) is 0 Å². The summed E-state index contributed by atoms with van der Waals surface area (Å²) in [5.41, 5.74) is 2.93. The van der Waals surface area contributed by atoms with Crippen molar-refractivity contribution >= 4 is 5.78 Å². The first-order valence-corrected chi connectivity index (χ1v) is 6.76. The van der Waals surface area contributed by atoms with Gasteiger partial charge in [-0.3, -0.25) is 4.79 Å². The Labute approximate surface area is 105 Å². The molecule has 17 heavy (non-hydrogen) atoms. The van der Waals surface area contributed by atoms with Gasteiger partial charge < -0.3 is 0 Å². The molecule has 2 rings (SSSR count). The summed E-state index contributed by atoms with van der Waals surface area (Å²) in [5.74, 6) is 0.489. The maximum atomic E-state index is 12.2. The maximum absolute atomic E-state index is 12.2. The molecule has 2 aliphatic carbocycles. The van der Waals surface area contributed by atoms with Crippen LogP contribution in [0.2, 0.25) is 0 Å². The highest BCUT2D eigenvalue weighted by molar-refractivity contribution is 5.89. The average molecular weight is 232 g/mol. The predicted molar refractivity (Wildman–Crippen MR) is 71.8 cm³/mol. The number of hydrogen-bond acceptors (Lipinski definition) is 1. The molecule has 1 fully saturated rings. The fraction of sp³-hybridized carbons (Fsp3) is 0.688. The van der Waals surface area contributed by atoms with Crippen LogP contribution in [-0.2, 0) is 4.79 Å². The number of ketones is 1. The summed E-state index contributed by atoms with van der Waals surface area (Å²) in [4.78, 5) is 12.2. The molecule has 1 saturated carbocycles. The molecule has 0 saturated heterocycles. The van der Waals surface area contributed by atoms with Crippen LogP contribution in [0.1, 0.15) is 59.8 Å². The van der Waals surface area contributed by atoms with Gasteiger partial charge in [0.25, 0.3) is 0 Å². The summed E-state index contributed by atoms with van der Waals surface area (Å²) in [6.07, 6.45) is 9.69. The van der Waals surface area contributed by atoms with Crippen molar-refractivity contribution < 1.29 is 4.79 Å². The third kappa shape index (κ3) is 1.71. The summed E-state index contributed by atoms with van der Waals surface area (Å²) in [7, 11) is 0. The zero-order valence-electron chi connectivity index (χ0n) is 11.6. The van der Waals surface area contributed by atoms with Crippen molar-refractivity contribution in [1.29, 1.82) is 0 Å². The van der Waals surface area contributed by atoms with Crippen molar-refractivity contribution in [3.8, 4) is 0 Å². The van der Waals surface area contributed by atoms with Crippen LogP contribution in [0.5, 0.6) is 0 Å². The molecule has 0 amide bonds. The summed E-state index contributed by atoms with van der Waals surface area (Å²) >= 11 is 0. The quantitative estimate of drug-likeness (QED) is 0.657. The summed E-state index contributed by atoms with van der Waals surface area (Å²) in [6, 6.07) is 0. The molecule has 94 valence electrons. The normalized spacial score (nSPS) is 35.8. The molecular formula is C16H24O. The van der Waals surface area contributed by atoms with Crippen LogP contribution < -0.4 is 0 Å². The molecule has 0 unspecified atom stereocenters. The Balaban J connectivity index is 2.23. The SMILES string of the molecule is CC(C)=CCC[C@]12CCC(=O)[C@@]1(C)CC=C2C. The van der Waals surface area contributed by atoms with Crippen molar-refractivity contribution in [2.45, 2.75) is 59.8 Å². The molecule has 0 heterocycles. The van der Waals surface area contributed by atoms with Crippen LogP contribution >= 0.6 is 0 Å². The van der Waals surface area contributed by atoms with Crippen LogP contribution in [0, 0.1) is 10.8 Å². The minimum atomic E-state index is -0.0907. The number of allylic oxidation sites excluding steroid dienone is 4. The highest BCUT2D eigenvalue weighted by Crippen LogP contribution is 2.63. The molecule has 2 atom stereocenters. The van der Waals surface area contributed by atoms with E-state index in [1.165, 1.54) is 11.1 Å². The van der Waals surface area contributed by atoms with Crippen molar-refractivity contribution in [2.24, 2.45) is 10.8 Å². The van der Waals surface area contributed by atoms with Gasteiger partial charge >= 0.3 is 0 Å². The van der Waals surface area contributed by atoms with Crippen LogP contribution in [0.25, 0.3) is 0 Å². The molecule has 0 bridgehead atoms. The van der Waals surface area contributed by atoms with E-state index in [9.17, 15) is 4.79 Å². The fourth-order valence-corrected chi connectivity index (χ4v) is 3.85. The van der Waals surface area contributed by atoms with E-state index in [2.05, 4.69) is 39.8 Å². The second-order valence-corrected chi connectivity index (χ2v) is 6.25. The predicted octanol–water partition coefficient (Wildman–Crippen LogP) is 4.44. The smallest absolute Gasteiger partial charge is 0.139 e. The molecule has 0 aromatic rings. The van der Waals surface area contributed by atoms with E-state index in [1.54, 1.807) is 0 Å². The lowest BCUT2D eigenvalue weighted by atomic mass is 9.63. The number of hydrogen-bond donors (Lipinski definition) is 0. The second kappa shape index (κ2) is 4.12. The molecule has 0 aromatic heterocycles. The van der Waals surface area contributed by atoms with E-state index in [-0.39, 0.29) is 10.8 Å². The Morgan fingerprint density at radius 3 is 2.82 bits per heavy atom. The Hall–Kier alpha value is -0.850. The van der Waals surface area contributed by atoms with Gasteiger partial charge in [0.2, 0.25) is 0 Å². The number of Topliss-reactive ketones (excluding diaryl/α,β-unsaturated/α-hetero) is 1. The van der Waals surface area contributed by atoms with Gasteiger partial charge in [-0.1, -0.05) is 30.2 Å². The lowest BCUT2D eigenvalue weighted by molar-refractivity contribution is -0.127. The lowest BCUT2D eigenvalue weighted by Gasteiger charge is -2.38.